The van der Waals surface area contributed by atoms with Crippen molar-refractivity contribution in [3.63, 3.8) is 0 Å². The lowest BCUT2D eigenvalue weighted by Crippen LogP contribution is -2.38. The predicted molar refractivity (Wildman–Crippen MR) is 70.3 cm³/mol. The lowest BCUT2D eigenvalue weighted by atomic mass is 9.87. The molecule has 4 atom stereocenters. The van der Waals surface area contributed by atoms with E-state index in [2.05, 4.69) is 20.4 Å². The molecule has 0 bridgehead atoms. The van der Waals surface area contributed by atoms with E-state index in [0.29, 0.717) is 12.2 Å². The van der Waals surface area contributed by atoms with Crippen molar-refractivity contribution in [1.82, 2.24) is 0 Å². The minimum absolute atomic E-state index is 0.593. The summed E-state index contributed by atoms with van der Waals surface area (Å²) in [6, 6.07) is 1.04. The van der Waals surface area contributed by atoms with E-state index >= 15 is 0 Å². The fourth-order valence-corrected chi connectivity index (χ4v) is 4.39. The van der Waals surface area contributed by atoms with E-state index in [-0.39, 0.29) is 0 Å². The van der Waals surface area contributed by atoms with Crippen LogP contribution in [0, 0.1) is 5.92 Å². The second-order valence-corrected chi connectivity index (χ2v) is 9.00. The molecule has 2 fully saturated rings. The van der Waals surface area contributed by atoms with Crippen LogP contribution in [0.15, 0.2) is 0 Å². The van der Waals surface area contributed by atoms with Crippen LogP contribution in [0.1, 0.15) is 39.5 Å². The van der Waals surface area contributed by atoms with E-state index in [1.165, 1.54) is 25.7 Å². The maximum Gasteiger partial charge on any atom is 0.334 e. The molecule has 1 heterocycles. The summed E-state index contributed by atoms with van der Waals surface area (Å²) < 4.78 is 17.4. The first kappa shape index (κ1) is 13.5. The van der Waals surface area contributed by atoms with Gasteiger partial charge in [0, 0.05) is 13.2 Å². The zero-order valence-corrected chi connectivity index (χ0v) is 12.4. The summed E-state index contributed by atoms with van der Waals surface area (Å²) in [7, 11) is -1.85. The van der Waals surface area contributed by atoms with Crippen molar-refractivity contribution < 1.29 is 13.6 Å². The van der Waals surface area contributed by atoms with Crippen LogP contribution in [-0.2, 0) is 13.6 Å². The highest BCUT2D eigenvalue weighted by Crippen LogP contribution is 2.40. The SMILES string of the molecule is CCO[Si](C)(CC)OCCC1CCC2OC2C1. The molecule has 0 spiro atoms. The number of ether oxygens (including phenoxy) is 1. The maximum absolute atomic E-state index is 6.05. The molecule has 4 heteroatoms. The molecule has 0 N–H and O–H groups in total. The zero-order chi connectivity index (χ0) is 12.3. The Hall–Kier alpha value is 0.0969. The Kier molecular flexibility index (Phi) is 4.63. The third kappa shape index (κ3) is 3.78. The van der Waals surface area contributed by atoms with Crippen molar-refractivity contribution in [3.05, 3.63) is 0 Å². The van der Waals surface area contributed by atoms with Crippen LogP contribution in [0.5, 0.6) is 0 Å². The van der Waals surface area contributed by atoms with Crippen molar-refractivity contribution in [2.75, 3.05) is 13.2 Å². The predicted octanol–water partition coefficient (Wildman–Crippen LogP) is 3.09. The van der Waals surface area contributed by atoms with Crippen LogP contribution in [0.3, 0.4) is 0 Å². The molecule has 2 aliphatic rings. The number of hydrogen-bond acceptors (Lipinski definition) is 3. The van der Waals surface area contributed by atoms with Gasteiger partial charge >= 0.3 is 8.56 Å². The molecule has 0 aromatic rings. The molecule has 0 aromatic heterocycles. The van der Waals surface area contributed by atoms with E-state index in [1.54, 1.807) is 0 Å². The van der Waals surface area contributed by atoms with Gasteiger partial charge in [0.15, 0.2) is 0 Å². The number of fused-ring (bicyclic) bond motifs is 1. The molecule has 0 radical (unpaired) electrons. The van der Waals surface area contributed by atoms with Gasteiger partial charge in [0.05, 0.1) is 12.2 Å². The quantitative estimate of drug-likeness (QED) is 0.519. The minimum atomic E-state index is -1.85. The Morgan fingerprint density at radius 2 is 2.00 bits per heavy atom. The molecule has 2 rings (SSSR count). The van der Waals surface area contributed by atoms with Gasteiger partial charge in [-0.2, -0.15) is 0 Å². The number of epoxide rings is 1. The van der Waals surface area contributed by atoms with Gasteiger partial charge in [0.2, 0.25) is 0 Å². The zero-order valence-electron chi connectivity index (χ0n) is 11.4. The Morgan fingerprint density at radius 3 is 2.65 bits per heavy atom. The summed E-state index contributed by atoms with van der Waals surface area (Å²) in [5, 5.41) is 0. The lowest BCUT2D eigenvalue weighted by Gasteiger charge is -2.26. The van der Waals surface area contributed by atoms with Crippen LogP contribution < -0.4 is 0 Å². The Bertz CT molecular complexity index is 249. The van der Waals surface area contributed by atoms with Crippen LogP contribution in [-0.4, -0.2) is 34.0 Å². The Labute approximate surface area is 106 Å². The van der Waals surface area contributed by atoms with Crippen LogP contribution in [0.2, 0.25) is 12.6 Å². The highest BCUT2D eigenvalue weighted by atomic mass is 28.4. The van der Waals surface area contributed by atoms with Crippen molar-refractivity contribution in [2.24, 2.45) is 5.92 Å². The van der Waals surface area contributed by atoms with Gasteiger partial charge in [-0.05, 0) is 51.1 Å². The summed E-state index contributed by atoms with van der Waals surface area (Å²) in [5.74, 6) is 0.815. The third-order valence-electron chi connectivity index (χ3n) is 4.14. The highest BCUT2D eigenvalue weighted by Gasteiger charge is 2.43. The molecular weight excluding hydrogens is 232 g/mol. The molecule has 1 aliphatic heterocycles. The summed E-state index contributed by atoms with van der Waals surface area (Å²) in [5.41, 5.74) is 0. The molecular formula is C13H26O3Si. The number of hydrogen-bond donors (Lipinski definition) is 0. The highest BCUT2D eigenvalue weighted by molar-refractivity contribution is 6.65. The van der Waals surface area contributed by atoms with Gasteiger partial charge in [-0.3, -0.25) is 0 Å². The molecule has 1 saturated heterocycles. The minimum Gasteiger partial charge on any atom is -0.395 e. The van der Waals surface area contributed by atoms with Crippen LogP contribution >= 0.6 is 0 Å². The van der Waals surface area contributed by atoms with E-state index in [4.69, 9.17) is 13.6 Å². The van der Waals surface area contributed by atoms with E-state index in [0.717, 1.165) is 25.2 Å². The molecule has 0 aromatic carbocycles. The molecule has 100 valence electrons. The van der Waals surface area contributed by atoms with Gasteiger partial charge < -0.3 is 13.6 Å². The standard InChI is InChI=1S/C13H26O3Si/c1-4-14-17(3,5-2)15-9-8-11-6-7-12-13(10-11)16-12/h11-13H,4-10H2,1-3H3. The normalized spacial score (nSPS) is 35.1. The van der Waals surface area contributed by atoms with Crippen molar-refractivity contribution in [3.8, 4) is 0 Å². The average Bonchev–Trinajstić information content (AvgIpc) is 3.08. The first-order valence-corrected chi connectivity index (χ1v) is 9.62. The first-order valence-electron chi connectivity index (χ1n) is 7.10. The molecule has 17 heavy (non-hydrogen) atoms. The number of rotatable bonds is 7. The topological polar surface area (TPSA) is 31.0 Å². The van der Waals surface area contributed by atoms with Gasteiger partial charge in [-0.15, -0.1) is 0 Å². The molecule has 1 saturated carbocycles. The maximum atomic E-state index is 6.05. The third-order valence-corrected chi connectivity index (χ3v) is 7.14. The molecule has 4 unspecified atom stereocenters. The van der Waals surface area contributed by atoms with Crippen LogP contribution in [0.25, 0.3) is 0 Å². The van der Waals surface area contributed by atoms with Gasteiger partial charge in [0.25, 0.3) is 0 Å². The second-order valence-electron chi connectivity index (χ2n) is 5.45. The van der Waals surface area contributed by atoms with Crippen molar-refractivity contribution >= 4 is 8.56 Å². The summed E-state index contributed by atoms with van der Waals surface area (Å²) in [4.78, 5) is 0. The Balaban J connectivity index is 1.64. The monoisotopic (exact) mass is 258 g/mol. The average molecular weight is 258 g/mol. The molecule has 0 amide bonds. The fraction of sp³-hybridized carbons (Fsp3) is 1.00. The van der Waals surface area contributed by atoms with E-state index in [9.17, 15) is 0 Å². The van der Waals surface area contributed by atoms with Gasteiger partial charge in [-0.25, -0.2) is 0 Å². The summed E-state index contributed by atoms with van der Waals surface area (Å²) >= 11 is 0. The summed E-state index contributed by atoms with van der Waals surface area (Å²) in [6.45, 7) is 8.05. The second kappa shape index (κ2) is 5.82. The summed E-state index contributed by atoms with van der Waals surface area (Å²) in [6.07, 6.45) is 6.24. The van der Waals surface area contributed by atoms with Gasteiger partial charge in [-0.1, -0.05) is 6.92 Å². The molecule has 1 aliphatic carbocycles. The van der Waals surface area contributed by atoms with Crippen molar-refractivity contribution in [1.29, 1.82) is 0 Å². The largest absolute Gasteiger partial charge is 0.395 e. The smallest absolute Gasteiger partial charge is 0.334 e. The molecule has 3 nitrogen and oxygen atoms in total. The van der Waals surface area contributed by atoms with E-state index < -0.39 is 8.56 Å². The van der Waals surface area contributed by atoms with E-state index in [1.807, 2.05) is 0 Å². The Morgan fingerprint density at radius 1 is 1.18 bits per heavy atom. The van der Waals surface area contributed by atoms with Crippen molar-refractivity contribution in [2.45, 2.75) is 64.3 Å². The fourth-order valence-electron chi connectivity index (χ4n) is 2.74. The van der Waals surface area contributed by atoms with Gasteiger partial charge in [0.1, 0.15) is 0 Å². The first-order chi connectivity index (χ1) is 8.17. The lowest BCUT2D eigenvalue weighted by molar-refractivity contribution is 0.165. The van der Waals surface area contributed by atoms with Crippen LogP contribution in [0.4, 0.5) is 0 Å².